The molecule has 1 aliphatic carbocycles. The molecule has 18 heavy (non-hydrogen) atoms. The molecule has 1 unspecified atom stereocenters. The normalized spacial score (nSPS) is 20.3. The molecule has 108 valence electrons. The molecular formula is C16H34N2. The molecule has 1 rings (SSSR count). The molecule has 1 aliphatic rings. The first-order valence-corrected chi connectivity index (χ1v) is 7.87. The van der Waals surface area contributed by atoms with Crippen LogP contribution in [0.15, 0.2) is 0 Å². The number of nitrogens with one attached hydrogen (secondary N) is 1. The highest BCUT2D eigenvalue weighted by Crippen LogP contribution is 2.23. The monoisotopic (exact) mass is 254 g/mol. The fourth-order valence-electron chi connectivity index (χ4n) is 2.91. The van der Waals surface area contributed by atoms with Crippen LogP contribution < -0.4 is 5.32 Å². The molecule has 2 heteroatoms. The maximum Gasteiger partial charge on any atom is 0.00965 e. The van der Waals surface area contributed by atoms with Gasteiger partial charge in [-0.15, -0.1) is 0 Å². The van der Waals surface area contributed by atoms with E-state index in [0.29, 0.717) is 0 Å². The minimum Gasteiger partial charge on any atom is -0.312 e. The van der Waals surface area contributed by atoms with Crippen molar-refractivity contribution >= 4 is 0 Å². The minimum atomic E-state index is 0.262. The van der Waals surface area contributed by atoms with Crippen LogP contribution >= 0.6 is 0 Å². The number of hydrogen-bond donors (Lipinski definition) is 1. The summed E-state index contributed by atoms with van der Waals surface area (Å²) in [5.41, 5.74) is 0.262. The summed E-state index contributed by atoms with van der Waals surface area (Å²) in [6, 6.07) is 1.58. The Kier molecular flexibility index (Phi) is 6.65. The van der Waals surface area contributed by atoms with Gasteiger partial charge in [0.1, 0.15) is 0 Å². The molecular weight excluding hydrogens is 220 g/mol. The van der Waals surface area contributed by atoms with Gasteiger partial charge in [-0.2, -0.15) is 0 Å². The molecule has 0 aliphatic heterocycles. The van der Waals surface area contributed by atoms with Gasteiger partial charge in [-0.05, 0) is 67.0 Å². The summed E-state index contributed by atoms with van der Waals surface area (Å²) in [5.74, 6) is 0. The summed E-state index contributed by atoms with van der Waals surface area (Å²) in [4.78, 5) is 2.64. The standard InChI is InChI=1S/C16H34N2/c1-14(10-9-13-17-16(2,3)4)18(5)15-11-7-6-8-12-15/h14-15,17H,6-13H2,1-5H3. The van der Waals surface area contributed by atoms with Crippen LogP contribution in [-0.2, 0) is 0 Å². The molecule has 1 N–H and O–H groups in total. The molecule has 0 bridgehead atoms. The second kappa shape index (κ2) is 7.49. The Labute approximate surface area is 115 Å². The summed E-state index contributed by atoms with van der Waals surface area (Å²) >= 11 is 0. The van der Waals surface area contributed by atoms with Gasteiger partial charge in [0.05, 0.1) is 0 Å². The zero-order valence-corrected chi connectivity index (χ0v) is 13.3. The van der Waals surface area contributed by atoms with E-state index in [2.05, 4.69) is 45.0 Å². The molecule has 2 nitrogen and oxygen atoms in total. The van der Waals surface area contributed by atoms with Gasteiger partial charge < -0.3 is 10.2 Å². The highest BCUT2D eigenvalue weighted by molar-refractivity contribution is 4.78. The highest BCUT2D eigenvalue weighted by atomic mass is 15.2. The fourth-order valence-corrected chi connectivity index (χ4v) is 2.91. The van der Waals surface area contributed by atoms with E-state index < -0.39 is 0 Å². The number of hydrogen-bond acceptors (Lipinski definition) is 2. The summed E-state index contributed by atoms with van der Waals surface area (Å²) < 4.78 is 0. The van der Waals surface area contributed by atoms with E-state index in [4.69, 9.17) is 0 Å². The maximum atomic E-state index is 3.58. The predicted octanol–water partition coefficient (Wildman–Crippen LogP) is 3.81. The third kappa shape index (κ3) is 6.19. The van der Waals surface area contributed by atoms with E-state index in [1.54, 1.807) is 0 Å². The van der Waals surface area contributed by atoms with Gasteiger partial charge in [-0.1, -0.05) is 19.3 Å². The average Bonchev–Trinajstić information content (AvgIpc) is 2.33. The molecule has 0 radical (unpaired) electrons. The molecule has 0 aromatic rings. The predicted molar refractivity (Wildman–Crippen MR) is 81.1 cm³/mol. The molecule has 0 spiro atoms. The van der Waals surface area contributed by atoms with Crippen LogP contribution in [0.1, 0.15) is 72.6 Å². The Hall–Kier alpha value is -0.0800. The van der Waals surface area contributed by atoms with Crippen molar-refractivity contribution in [3.8, 4) is 0 Å². The van der Waals surface area contributed by atoms with Crippen LogP contribution in [0, 0.1) is 0 Å². The first kappa shape index (κ1) is 16.0. The van der Waals surface area contributed by atoms with Crippen LogP contribution in [0.2, 0.25) is 0 Å². The van der Waals surface area contributed by atoms with Gasteiger partial charge in [0, 0.05) is 17.6 Å². The van der Waals surface area contributed by atoms with Crippen LogP contribution in [-0.4, -0.2) is 36.1 Å². The Morgan fingerprint density at radius 3 is 2.33 bits per heavy atom. The van der Waals surface area contributed by atoms with Crippen molar-refractivity contribution in [3.05, 3.63) is 0 Å². The summed E-state index contributed by atoms with van der Waals surface area (Å²) in [6.45, 7) is 10.3. The molecule has 0 amide bonds. The van der Waals surface area contributed by atoms with Crippen molar-refractivity contribution in [3.63, 3.8) is 0 Å². The first-order chi connectivity index (χ1) is 8.40. The van der Waals surface area contributed by atoms with Gasteiger partial charge in [0.25, 0.3) is 0 Å². The van der Waals surface area contributed by atoms with E-state index >= 15 is 0 Å². The molecule has 0 aromatic carbocycles. The molecule has 1 fully saturated rings. The van der Waals surface area contributed by atoms with Crippen molar-refractivity contribution in [1.82, 2.24) is 10.2 Å². The number of nitrogens with zero attached hydrogens (tertiary/aromatic N) is 1. The van der Waals surface area contributed by atoms with E-state index in [0.717, 1.165) is 18.6 Å². The minimum absolute atomic E-state index is 0.262. The molecule has 1 saturated carbocycles. The first-order valence-electron chi connectivity index (χ1n) is 7.87. The molecule has 1 atom stereocenters. The summed E-state index contributed by atoms with van der Waals surface area (Å²) in [7, 11) is 2.33. The Morgan fingerprint density at radius 1 is 1.17 bits per heavy atom. The second-order valence-electron chi connectivity index (χ2n) is 7.13. The number of rotatable bonds is 6. The zero-order chi connectivity index (χ0) is 13.6. The Balaban J connectivity index is 2.16. The lowest BCUT2D eigenvalue weighted by Gasteiger charge is -2.35. The third-order valence-electron chi connectivity index (χ3n) is 4.30. The van der Waals surface area contributed by atoms with Crippen molar-refractivity contribution in [2.45, 2.75) is 90.3 Å². The summed E-state index contributed by atoms with van der Waals surface area (Å²) in [5, 5.41) is 3.58. The van der Waals surface area contributed by atoms with Gasteiger partial charge in [0.15, 0.2) is 0 Å². The lowest BCUT2D eigenvalue weighted by molar-refractivity contribution is 0.138. The molecule has 0 saturated heterocycles. The third-order valence-corrected chi connectivity index (χ3v) is 4.30. The average molecular weight is 254 g/mol. The lowest BCUT2D eigenvalue weighted by Crippen LogP contribution is -2.41. The second-order valence-corrected chi connectivity index (χ2v) is 7.13. The van der Waals surface area contributed by atoms with Crippen molar-refractivity contribution in [1.29, 1.82) is 0 Å². The van der Waals surface area contributed by atoms with Gasteiger partial charge >= 0.3 is 0 Å². The van der Waals surface area contributed by atoms with Crippen LogP contribution in [0.25, 0.3) is 0 Å². The zero-order valence-electron chi connectivity index (χ0n) is 13.3. The van der Waals surface area contributed by atoms with Crippen molar-refractivity contribution in [2.24, 2.45) is 0 Å². The highest BCUT2D eigenvalue weighted by Gasteiger charge is 2.21. The van der Waals surface area contributed by atoms with Gasteiger partial charge in [-0.3, -0.25) is 0 Å². The quantitative estimate of drug-likeness (QED) is 0.725. The smallest absolute Gasteiger partial charge is 0.00965 e. The van der Waals surface area contributed by atoms with Gasteiger partial charge in [-0.25, -0.2) is 0 Å². The van der Waals surface area contributed by atoms with Crippen molar-refractivity contribution < 1.29 is 0 Å². The van der Waals surface area contributed by atoms with Crippen LogP contribution in [0.5, 0.6) is 0 Å². The molecule has 0 aromatic heterocycles. The van der Waals surface area contributed by atoms with Crippen LogP contribution in [0.3, 0.4) is 0 Å². The Morgan fingerprint density at radius 2 is 1.78 bits per heavy atom. The molecule has 0 heterocycles. The SMILES string of the molecule is CC(CCCNC(C)(C)C)N(C)C1CCCCC1. The lowest BCUT2D eigenvalue weighted by atomic mass is 9.93. The van der Waals surface area contributed by atoms with E-state index in [-0.39, 0.29) is 5.54 Å². The fraction of sp³-hybridized carbons (Fsp3) is 1.00. The van der Waals surface area contributed by atoms with Crippen molar-refractivity contribution in [2.75, 3.05) is 13.6 Å². The Bertz CT molecular complexity index is 214. The van der Waals surface area contributed by atoms with E-state index in [9.17, 15) is 0 Å². The summed E-state index contributed by atoms with van der Waals surface area (Å²) in [6.07, 6.45) is 9.77. The van der Waals surface area contributed by atoms with E-state index in [1.807, 2.05) is 0 Å². The van der Waals surface area contributed by atoms with Crippen LogP contribution in [0.4, 0.5) is 0 Å². The van der Waals surface area contributed by atoms with E-state index in [1.165, 1.54) is 44.9 Å². The maximum absolute atomic E-state index is 3.58. The van der Waals surface area contributed by atoms with Gasteiger partial charge in [0.2, 0.25) is 0 Å². The topological polar surface area (TPSA) is 15.3 Å². The largest absolute Gasteiger partial charge is 0.312 e.